The summed E-state index contributed by atoms with van der Waals surface area (Å²) in [5.41, 5.74) is -0.499. The molecule has 5 heteroatoms. The van der Waals surface area contributed by atoms with E-state index in [2.05, 4.69) is 0 Å². The zero-order chi connectivity index (χ0) is 12.2. The van der Waals surface area contributed by atoms with Crippen LogP contribution < -0.4 is 0 Å². The van der Waals surface area contributed by atoms with Crippen molar-refractivity contribution in [3.05, 3.63) is 0 Å². The summed E-state index contributed by atoms with van der Waals surface area (Å²) in [4.78, 5) is 13.3. The summed E-state index contributed by atoms with van der Waals surface area (Å²) < 4.78 is 10.4. The Kier molecular flexibility index (Phi) is 4.56. The minimum absolute atomic E-state index is 0.273. The maximum Gasteiger partial charge on any atom is 0.410 e. The van der Waals surface area contributed by atoms with Gasteiger partial charge in [0, 0.05) is 13.2 Å². The number of hydrogen-bond donors (Lipinski definition) is 1. The zero-order valence-electron chi connectivity index (χ0n) is 10.2. The smallest absolute Gasteiger partial charge is 0.410 e. The molecule has 1 unspecified atom stereocenters. The number of aliphatic hydroxyl groups is 1. The van der Waals surface area contributed by atoms with Gasteiger partial charge in [0.05, 0.1) is 19.3 Å². The summed E-state index contributed by atoms with van der Waals surface area (Å²) >= 11 is 0. The van der Waals surface area contributed by atoms with E-state index in [4.69, 9.17) is 9.47 Å². The SMILES string of the molecule is CC(C)(C)OC(=O)N1CCCOCC(O)C1. The van der Waals surface area contributed by atoms with Crippen molar-refractivity contribution in [1.82, 2.24) is 4.90 Å². The largest absolute Gasteiger partial charge is 0.444 e. The Morgan fingerprint density at radius 3 is 2.81 bits per heavy atom. The lowest BCUT2D eigenvalue weighted by atomic mass is 10.2. The van der Waals surface area contributed by atoms with E-state index in [1.54, 1.807) is 4.90 Å². The third-order valence-corrected chi connectivity index (χ3v) is 2.11. The molecule has 0 bridgehead atoms. The van der Waals surface area contributed by atoms with Crippen molar-refractivity contribution in [3.63, 3.8) is 0 Å². The number of β-amino-alcohol motifs (C(OH)–C–C–N with tert-alkyl or cyclic N) is 1. The van der Waals surface area contributed by atoms with E-state index in [0.717, 1.165) is 6.42 Å². The van der Waals surface area contributed by atoms with E-state index in [1.165, 1.54) is 0 Å². The van der Waals surface area contributed by atoms with Gasteiger partial charge in [-0.2, -0.15) is 0 Å². The molecule has 1 atom stereocenters. The molecular weight excluding hydrogens is 210 g/mol. The number of amides is 1. The van der Waals surface area contributed by atoms with E-state index in [-0.39, 0.29) is 19.2 Å². The van der Waals surface area contributed by atoms with Crippen LogP contribution in [0, 0.1) is 0 Å². The lowest BCUT2D eigenvalue weighted by molar-refractivity contribution is -0.0204. The first-order chi connectivity index (χ1) is 7.38. The summed E-state index contributed by atoms with van der Waals surface area (Å²) in [5, 5.41) is 9.56. The Labute approximate surface area is 96.3 Å². The monoisotopic (exact) mass is 231 g/mol. The van der Waals surface area contributed by atoms with Crippen molar-refractivity contribution >= 4 is 6.09 Å². The van der Waals surface area contributed by atoms with Crippen LogP contribution in [0.2, 0.25) is 0 Å². The first kappa shape index (κ1) is 13.3. The topological polar surface area (TPSA) is 59.0 Å². The first-order valence-electron chi connectivity index (χ1n) is 5.62. The molecule has 1 heterocycles. The molecule has 1 amide bonds. The molecule has 16 heavy (non-hydrogen) atoms. The van der Waals surface area contributed by atoms with Gasteiger partial charge >= 0.3 is 6.09 Å². The van der Waals surface area contributed by atoms with Crippen LogP contribution in [0.5, 0.6) is 0 Å². The fourth-order valence-electron chi connectivity index (χ4n) is 1.47. The summed E-state index contributed by atoms with van der Waals surface area (Å²) in [6.07, 6.45) is -0.229. The number of ether oxygens (including phenoxy) is 2. The lowest BCUT2D eigenvalue weighted by Gasteiger charge is -2.30. The van der Waals surface area contributed by atoms with Crippen molar-refractivity contribution in [2.24, 2.45) is 0 Å². The summed E-state index contributed by atoms with van der Waals surface area (Å²) in [7, 11) is 0. The molecule has 1 aliphatic rings. The molecule has 0 aliphatic carbocycles. The first-order valence-corrected chi connectivity index (χ1v) is 5.62. The third kappa shape index (κ3) is 4.81. The van der Waals surface area contributed by atoms with E-state index < -0.39 is 11.7 Å². The zero-order valence-corrected chi connectivity index (χ0v) is 10.2. The van der Waals surface area contributed by atoms with E-state index in [1.807, 2.05) is 20.8 Å². The number of carbonyl (C=O) groups excluding carboxylic acids is 1. The number of aliphatic hydroxyl groups excluding tert-OH is 1. The van der Waals surface area contributed by atoms with Gasteiger partial charge in [-0.05, 0) is 27.2 Å². The van der Waals surface area contributed by atoms with E-state index in [9.17, 15) is 9.90 Å². The number of carbonyl (C=O) groups is 1. The lowest BCUT2D eigenvalue weighted by Crippen LogP contribution is -2.44. The standard InChI is InChI=1S/C11H21NO4/c1-11(2,3)16-10(14)12-5-4-6-15-8-9(13)7-12/h9,13H,4-8H2,1-3H3. The molecule has 1 saturated heterocycles. The fourth-order valence-corrected chi connectivity index (χ4v) is 1.47. The second kappa shape index (κ2) is 5.50. The predicted octanol–water partition coefficient (Wildman–Crippen LogP) is 1.00. The average molecular weight is 231 g/mol. The number of nitrogens with zero attached hydrogens (tertiary/aromatic N) is 1. The number of rotatable bonds is 0. The van der Waals surface area contributed by atoms with Gasteiger partial charge in [0.2, 0.25) is 0 Å². The summed E-state index contributed by atoms with van der Waals surface area (Å²) in [6, 6.07) is 0. The van der Waals surface area contributed by atoms with Crippen LogP contribution in [0.1, 0.15) is 27.2 Å². The van der Waals surface area contributed by atoms with Gasteiger partial charge in [0.25, 0.3) is 0 Å². The van der Waals surface area contributed by atoms with Gasteiger partial charge in [-0.1, -0.05) is 0 Å². The van der Waals surface area contributed by atoms with Crippen molar-refractivity contribution in [2.75, 3.05) is 26.3 Å². The molecule has 1 fully saturated rings. The van der Waals surface area contributed by atoms with Crippen molar-refractivity contribution in [3.8, 4) is 0 Å². The normalized spacial score (nSPS) is 23.5. The van der Waals surface area contributed by atoms with Crippen LogP contribution in [-0.2, 0) is 9.47 Å². The van der Waals surface area contributed by atoms with Crippen LogP contribution in [0.15, 0.2) is 0 Å². The molecule has 0 radical (unpaired) electrons. The van der Waals surface area contributed by atoms with Gasteiger partial charge in [-0.25, -0.2) is 4.79 Å². The average Bonchev–Trinajstić information content (AvgIpc) is 2.07. The molecule has 1 rings (SSSR count). The van der Waals surface area contributed by atoms with Crippen molar-refractivity contribution < 1.29 is 19.4 Å². The van der Waals surface area contributed by atoms with Gasteiger partial charge in [0.15, 0.2) is 0 Å². The Bertz CT molecular complexity index is 237. The van der Waals surface area contributed by atoms with Gasteiger partial charge in [-0.3, -0.25) is 0 Å². The van der Waals surface area contributed by atoms with Crippen molar-refractivity contribution in [1.29, 1.82) is 0 Å². The molecule has 0 aromatic rings. The van der Waals surface area contributed by atoms with Crippen LogP contribution in [-0.4, -0.2) is 54.1 Å². The highest BCUT2D eigenvalue weighted by atomic mass is 16.6. The highest BCUT2D eigenvalue weighted by Crippen LogP contribution is 2.11. The minimum Gasteiger partial charge on any atom is -0.444 e. The molecule has 1 aliphatic heterocycles. The predicted molar refractivity (Wildman–Crippen MR) is 59.2 cm³/mol. The third-order valence-electron chi connectivity index (χ3n) is 2.11. The highest BCUT2D eigenvalue weighted by molar-refractivity contribution is 5.68. The van der Waals surface area contributed by atoms with Crippen LogP contribution >= 0.6 is 0 Å². The Morgan fingerprint density at radius 1 is 1.50 bits per heavy atom. The quantitative estimate of drug-likeness (QED) is 0.676. The second-order valence-corrected chi connectivity index (χ2v) is 5.01. The maximum absolute atomic E-state index is 11.8. The molecule has 0 aromatic carbocycles. The highest BCUT2D eigenvalue weighted by Gasteiger charge is 2.24. The number of hydrogen-bond acceptors (Lipinski definition) is 4. The van der Waals surface area contributed by atoms with Crippen LogP contribution in [0.25, 0.3) is 0 Å². The molecule has 5 nitrogen and oxygen atoms in total. The Hall–Kier alpha value is -0.810. The minimum atomic E-state index is -0.632. The molecular formula is C11H21NO4. The van der Waals surface area contributed by atoms with E-state index >= 15 is 0 Å². The van der Waals surface area contributed by atoms with Crippen LogP contribution in [0.3, 0.4) is 0 Å². The Morgan fingerprint density at radius 2 is 2.19 bits per heavy atom. The fraction of sp³-hybridized carbons (Fsp3) is 0.909. The van der Waals surface area contributed by atoms with Gasteiger partial charge in [-0.15, -0.1) is 0 Å². The van der Waals surface area contributed by atoms with Gasteiger partial charge < -0.3 is 19.5 Å². The second-order valence-electron chi connectivity index (χ2n) is 5.01. The van der Waals surface area contributed by atoms with E-state index in [0.29, 0.717) is 13.2 Å². The molecule has 0 aromatic heterocycles. The summed E-state index contributed by atoms with van der Waals surface area (Å²) in [6.45, 7) is 7.16. The van der Waals surface area contributed by atoms with Crippen molar-refractivity contribution in [2.45, 2.75) is 38.9 Å². The Balaban J connectivity index is 2.51. The maximum atomic E-state index is 11.8. The molecule has 1 N–H and O–H groups in total. The molecule has 94 valence electrons. The molecule has 0 saturated carbocycles. The van der Waals surface area contributed by atoms with Crippen LogP contribution in [0.4, 0.5) is 4.79 Å². The molecule has 0 spiro atoms. The van der Waals surface area contributed by atoms with Gasteiger partial charge in [0.1, 0.15) is 5.60 Å². The summed E-state index contributed by atoms with van der Waals surface area (Å²) in [5.74, 6) is 0.